The fourth-order valence-corrected chi connectivity index (χ4v) is 3.14. The maximum absolute atomic E-state index is 13.3. The van der Waals surface area contributed by atoms with E-state index in [0.717, 1.165) is 9.26 Å². The van der Waals surface area contributed by atoms with Gasteiger partial charge in [0.1, 0.15) is 11.5 Å². The van der Waals surface area contributed by atoms with Crippen LogP contribution in [0.15, 0.2) is 24.3 Å². The summed E-state index contributed by atoms with van der Waals surface area (Å²) in [6.07, 6.45) is -0.930. The van der Waals surface area contributed by atoms with Crippen LogP contribution in [-0.2, 0) is 13.1 Å². The average molecular weight is 387 g/mol. The van der Waals surface area contributed by atoms with Crippen molar-refractivity contribution in [2.24, 2.45) is 0 Å². The Morgan fingerprint density at radius 2 is 2.20 bits per heavy atom. The third-order valence-corrected chi connectivity index (χ3v) is 4.42. The van der Waals surface area contributed by atoms with Gasteiger partial charge in [0.25, 0.3) is 0 Å². The maximum atomic E-state index is 13.3. The van der Waals surface area contributed by atoms with Crippen molar-refractivity contribution in [3.05, 3.63) is 39.3 Å². The Labute approximate surface area is 128 Å². The second-order valence-electron chi connectivity index (χ2n) is 4.55. The summed E-state index contributed by atoms with van der Waals surface area (Å²) < 4.78 is 16.0. The number of nitrogens with zero attached hydrogens (tertiary/aromatic N) is 3. The molecule has 0 fully saturated rings. The van der Waals surface area contributed by atoms with Crippen LogP contribution in [0.4, 0.5) is 9.18 Å². The molecule has 2 aromatic rings. The largest absolute Gasteiger partial charge is 0.465 e. The van der Waals surface area contributed by atoms with Crippen molar-refractivity contribution in [1.29, 1.82) is 0 Å². The highest BCUT2D eigenvalue weighted by Crippen LogP contribution is 2.29. The Hall–Kier alpha value is -1.64. The first kappa shape index (κ1) is 13.3. The van der Waals surface area contributed by atoms with E-state index in [1.165, 1.54) is 17.0 Å². The normalized spacial score (nSPS) is 14.2. The van der Waals surface area contributed by atoms with Crippen LogP contribution in [0.25, 0.3) is 11.3 Å². The number of aromatic nitrogens is 2. The molecule has 3 rings (SSSR count). The predicted molar refractivity (Wildman–Crippen MR) is 78.8 cm³/mol. The standard InChI is InChI=1S/C13H11FIN3O2/c14-9-3-1-2-8(6-9)12-11(15)10-7-17(13(19)20)4-5-18(10)16-12/h1-3,6H,4-5,7H2,(H,19,20). The SMILES string of the molecule is O=C(O)N1CCn2nc(-c3cccc(F)c3)c(I)c2C1. The molecular formula is C13H11FIN3O2. The maximum Gasteiger partial charge on any atom is 0.407 e. The number of rotatable bonds is 1. The van der Waals surface area contributed by atoms with Crippen LogP contribution < -0.4 is 0 Å². The zero-order chi connectivity index (χ0) is 14.3. The van der Waals surface area contributed by atoms with E-state index in [9.17, 15) is 9.18 Å². The number of benzene rings is 1. The van der Waals surface area contributed by atoms with Crippen molar-refractivity contribution in [3.8, 4) is 11.3 Å². The number of hydrogen-bond donors (Lipinski definition) is 1. The molecule has 104 valence electrons. The monoisotopic (exact) mass is 387 g/mol. The summed E-state index contributed by atoms with van der Waals surface area (Å²) in [5.74, 6) is -0.309. The summed E-state index contributed by atoms with van der Waals surface area (Å²) >= 11 is 2.14. The highest BCUT2D eigenvalue weighted by Gasteiger charge is 2.25. The van der Waals surface area contributed by atoms with Crippen LogP contribution in [0.1, 0.15) is 5.69 Å². The lowest BCUT2D eigenvalue weighted by molar-refractivity contribution is 0.131. The highest BCUT2D eigenvalue weighted by atomic mass is 127. The molecule has 0 aliphatic carbocycles. The number of fused-ring (bicyclic) bond motifs is 1. The Balaban J connectivity index is 2.02. The van der Waals surface area contributed by atoms with Gasteiger partial charge in [0.05, 0.1) is 22.4 Å². The van der Waals surface area contributed by atoms with Crippen molar-refractivity contribution in [1.82, 2.24) is 14.7 Å². The van der Waals surface area contributed by atoms with Crippen molar-refractivity contribution in [2.45, 2.75) is 13.1 Å². The minimum Gasteiger partial charge on any atom is -0.465 e. The third kappa shape index (κ3) is 2.26. The quantitative estimate of drug-likeness (QED) is 0.766. The van der Waals surface area contributed by atoms with E-state index in [1.807, 2.05) is 0 Å². The number of carbonyl (C=O) groups is 1. The molecule has 7 heteroatoms. The lowest BCUT2D eigenvalue weighted by Crippen LogP contribution is -2.37. The van der Waals surface area contributed by atoms with E-state index in [0.29, 0.717) is 30.9 Å². The van der Waals surface area contributed by atoms with E-state index in [2.05, 4.69) is 27.7 Å². The summed E-state index contributed by atoms with van der Waals surface area (Å²) in [5, 5.41) is 13.5. The number of halogens is 2. The van der Waals surface area contributed by atoms with E-state index >= 15 is 0 Å². The van der Waals surface area contributed by atoms with Gasteiger partial charge in [-0.1, -0.05) is 12.1 Å². The first-order valence-electron chi connectivity index (χ1n) is 6.05. The van der Waals surface area contributed by atoms with E-state index < -0.39 is 6.09 Å². The number of carboxylic acid groups (broad SMARTS) is 1. The molecule has 0 spiro atoms. The molecule has 1 aliphatic heterocycles. The van der Waals surface area contributed by atoms with Crippen LogP contribution in [0.3, 0.4) is 0 Å². The Bertz CT molecular complexity index is 686. The first-order valence-corrected chi connectivity index (χ1v) is 7.13. The Kier molecular flexibility index (Phi) is 3.36. The molecular weight excluding hydrogens is 376 g/mol. The van der Waals surface area contributed by atoms with Crippen molar-refractivity contribution in [3.63, 3.8) is 0 Å². The lowest BCUT2D eigenvalue weighted by atomic mass is 10.1. The van der Waals surface area contributed by atoms with Crippen molar-refractivity contribution >= 4 is 28.7 Å². The fourth-order valence-electron chi connectivity index (χ4n) is 2.27. The molecule has 1 aromatic carbocycles. The van der Waals surface area contributed by atoms with Crippen LogP contribution in [0.2, 0.25) is 0 Å². The fraction of sp³-hybridized carbons (Fsp3) is 0.231. The van der Waals surface area contributed by atoms with Gasteiger partial charge in [-0.25, -0.2) is 9.18 Å². The number of amides is 1. The van der Waals surface area contributed by atoms with Crippen LogP contribution in [0, 0.1) is 9.39 Å². The second-order valence-corrected chi connectivity index (χ2v) is 5.63. The average Bonchev–Trinajstić information content (AvgIpc) is 2.76. The van der Waals surface area contributed by atoms with Gasteiger partial charge in [0, 0.05) is 12.1 Å². The van der Waals surface area contributed by atoms with Gasteiger partial charge in [-0.05, 0) is 34.7 Å². The van der Waals surface area contributed by atoms with Crippen LogP contribution in [-0.4, -0.2) is 32.4 Å². The predicted octanol–water partition coefficient (Wildman–Crippen LogP) is 2.79. The molecule has 0 bridgehead atoms. The Morgan fingerprint density at radius 1 is 1.40 bits per heavy atom. The highest BCUT2D eigenvalue weighted by molar-refractivity contribution is 14.1. The minimum absolute atomic E-state index is 0.309. The molecule has 1 N–H and O–H groups in total. The van der Waals surface area contributed by atoms with Gasteiger partial charge in [0.15, 0.2) is 0 Å². The third-order valence-electron chi connectivity index (χ3n) is 3.28. The first-order chi connectivity index (χ1) is 9.56. The molecule has 0 radical (unpaired) electrons. The van der Waals surface area contributed by atoms with Crippen LogP contribution >= 0.6 is 22.6 Å². The molecule has 1 amide bonds. The van der Waals surface area contributed by atoms with E-state index in [1.54, 1.807) is 16.8 Å². The molecule has 1 aromatic heterocycles. The van der Waals surface area contributed by atoms with Gasteiger partial charge in [0.2, 0.25) is 0 Å². The molecule has 0 saturated carbocycles. The zero-order valence-corrected chi connectivity index (χ0v) is 12.5. The Morgan fingerprint density at radius 3 is 2.90 bits per heavy atom. The summed E-state index contributed by atoms with van der Waals surface area (Å²) in [6, 6.07) is 6.27. The molecule has 1 aliphatic rings. The summed E-state index contributed by atoms with van der Waals surface area (Å²) in [4.78, 5) is 12.4. The van der Waals surface area contributed by atoms with Gasteiger partial charge in [-0.3, -0.25) is 4.68 Å². The van der Waals surface area contributed by atoms with Gasteiger partial charge in [-0.15, -0.1) is 0 Å². The summed E-state index contributed by atoms with van der Waals surface area (Å²) in [7, 11) is 0. The molecule has 5 nitrogen and oxygen atoms in total. The topological polar surface area (TPSA) is 58.4 Å². The van der Waals surface area contributed by atoms with Gasteiger partial charge < -0.3 is 10.0 Å². The van der Waals surface area contributed by atoms with Crippen molar-refractivity contribution < 1.29 is 14.3 Å². The van der Waals surface area contributed by atoms with E-state index in [4.69, 9.17) is 5.11 Å². The molecule has 2 heterocycles. The van der Waals surface area contributed by atoms with Crippen LogP contribution in [0.5, 0.6) is 0 Å². The smallest absolute Gasteiger partial charge is 0.407 e. The minimum atomic E-state index is -0.930. The summed E-state index contributed by atoms with van der Waals surface area (Å²) in [6.45, 7) is 1.26. The lowest BCUT2D eigenvalue weighted by Gasteiger charge is -2.25. The second kappa shape index (κ2) is 5.04. The summed E-state index contributed by atoms with van der Waals surface area (Å²) in [5.41, 5.74) is 2.27. The van der Waals surface area contributed by atoms with E-state index in [-0.39, 0.29) is 5.82 Å². The molecule has 0 unspecified atom stereocenters. The van der Waals surface area contributed by atoms with Gasteiger partial charge in [-0.2, -0.15) is 5.10 Å². The van der Waals surface area contributed by atoms with Crippen molar-refractivity contribution in [2.75, 3.05) is 6.54 Å². The molecule has 0 atom stereocenters. The zero-order valence-electron chi connectivity index (χ0n) is 10.4. The molecule has 0 saturated heterocycles. The molecule has 20 heavy (non-hydrogen) atoms. The van der Waals surface area contributed by atoms with Gasteiger partial charge >= 0.3 is 6.09 Å². The number of hydrogen-bond acceptors (Lipinski definition) is 2.